The SMILES string of the molecule is CC1(C)[C@H](NC(=O)NCCCOCc2ccco2)[C@H]2CCO[C@@H]21. The quantitative estimate of drug-likeness (QED) is 0.756. The summed E-state index contributed by atoms with van der Waals surface area (Å²) >= 11 is 0. The van der Waals surface area contributed by atoms with Gasteiger partial charge >= 0.3 is 6.03 Å². The highest BCUT2D eigenvalue weighted by molar-refractivity contribution is 5.74. The normalized spacial score (nSPS) is 28.0. The minimum absolute atomic E-state index is 0.0185. The first-order valence-corrected chi connectivity index (χ1v) is 8.35. The molecule has 2 aliphatic rings. The molecule has 2 fully saturated rings. The number of carbonyl (C=O) groups excluding carboxylic acids is 1. The maximum absolute atomic E-state index is 12.0. The molecule has 2 amide bonds. The van der Waals surface area contributed by atoms with E-state index in [4.69, 9.17) is 13.9 Å². The Morgan fingerprint density at radius 3 is 3.13 bits per heavy atom. The van der Waals surface area contributed by atoms with Crippen molar-refractivity contribution in [2.45, 2.75) is 45.4 Å². The molecule has 3 rings (SSSR count). The Labute approximate surface area is 136 Å². The van der Waals surface area contributed by atoms with E-state index in [9.17, 15) is 4.79 Å². The zero-order valence-corrected chi connectivity index (χ0v) is 13.8. The molecule has 0 aromatic carbocycles. The lowest BCUT2D eigenvalue weighted by Gasteiger charge is -2.54. The summed E-state index contributed by atoms with van der Waals surface area (Å²) in [5.74, 6) is 1.28. The molecule has 0 spiro atoms. The van der Waals surface area contributed by atoms with Crippen LogP contribution in [0.5, 0.6) is 0 Å². The number of carbonyl (C=O) groups is 1. The Bertz CT molecular complexity index is 515. The van der Waals surface area contributed by atoms with Gasteiger partial charge in [0.2, 0.25) is 0 Å². The first kappa shape index (κ1) is 16.3. The third-order valence-electron chi connectivity index (χ3n) is 4.96. The predicted molar refractivity (Wildman–Crippen MR) is 84.9 cm³/mol. The fourth-order valence-corrected chi connectivity index (χ4v) is 3.75. The predicted octanol–water partition coefficient (Wildman–Crippen LogP) is 2.30. The first-order valence-electron chi connectivity index (χ1n) is 8.35. The Morgan fingerprint density at radius 1 is 1.48 bits per heavy atom. The number of rotatable bonds is 7. The molecular formula is C17H26N2O4. The van der Waals surface area contributed by atoms with Crippen LogP contribution >= 0.6 is 0 Å². The van der Waals surface area contributed by atoms with Crippen molar-refractivity contribution in [2.75, 3.05) is 19.8 Å². The molecule has 128 valence electrons. The van der Waals surface area contributed by atoms with Crippen molar-refractivity contribution >= 4 is 6.03 Å². The Kier molecular flexibility index (Phi) is 4.92. The number of furan rings is 1. The summed E-state index contributed by atoms with van der Waals surface area (Å²) in [5.41, 5.74) is 0.0185. The van der Waals surface area contributed by atoms with Crippen molar-refractivity contribution in [3.8, 4) is 0 Å². The zero-order chi connectivity index (χ0) is 16.3. The summed E-state index contributed by atoms with van der Waals surface area (Å²) in [7, 11) is 0. The molecule has 1 aromatic rings. The third-order valence-corrected chi connectivity index (χ3v) is 4.96. The Balaban J connectivity index is 1.28. The average Bonchev–Trinajstić information content (AvgIpc) is 3.18. The van der Waals surface area contributed by atoms with Gasteiger partial charge in [-0.05, 0) is 25.0 Å². The summed E-state index contributed by atoms with van der Waals surface area (Å²) in [4.78, 5) is 12.0. The molecular weight excluding hydrogens is 296 g/mol. The van der Waals surface area contributed by atoms with E-state index < -0.39 is 0 Å². The molecule has 0 bridgehead atoms. The maximum Gasteiger partial charge on any atom is 0.315 e. The number of ether oxygens (including phenoxy) is 2. The average molecular weight is 322 g/mol. The van der Waals surface area contributed by atoms with Gasteiger partial charge < -0.3 is 24.5 Å². The van der Waals surface area contributed by atoms with Crippen LogP contribution in [-0.2, 0) is 16.1 Å². The highest BCUT2D eigenvalue weighted by Crippen LogP contribution is 2.51. The molecule has 6 heteroatoms. The second-order valence-corrected chi connectivity index (χ2v) is 6.93. The van der Waals surface area contributed by atoms with Crippen LogP contribution in [-0.4, -0.2) is 37.9 Å². The molecule has 0 unspecified atom stereocenters. The van der Waals surface area contributed by atoms with Crippen molar-refractivity contribution in [2.24, 2.45) is 11.3 Å². The zero-order valence-electron chi connectivity index (χ0n) is 13.8. The van der Waals surface area contributed by atoms with Gasteiger partial charge in [0, 0.05) is 37.1 Å². The van der Waals surface area contributed by atoms with Crippen molar-refractivity contribution < 1.29 is 18.7 Å². The number of fused-ring (bicyclic) bond motifs is 1. The Morgan fingerprint density at radius 2 is 2.35 bits per heavy atom. The van der Waals surface area contributed by atoms with Crippen LogP contribution in [0, 0.1) is 11.3 Å². The minimum atomic E-state index is -0.0977. The number of urea groups is 1. The number of nitrogens with one attached hydrogen (secondary N) is 2. The van der Waals surface area contributed by atoms with Gasteiger partial charge in [0.25, 0.3) is 0 Å². The van der Waals surface area contributed by atoms with Crippen LogP contribution in [0.1, 0.15) is 32.4 Å². The van der Waals surface area contributed by atoms with Gasteiger partial charge in [-0.2, -0.15) is 0 Å². The summed E-state index contributed by atoms with van der Waals surface area (Å²) in [6.07, 6.45) is 3.74. The topological polar surface area (TPSA) is 72.7 Å². The second-order valence-electron chi connectivity index (χ2n) is 6.93. The largest absolute Gasteiger partial charge is 0.467 e. The summed E-state index contributed by atoms with van der Waals surface area (Å²) in [6.45, 7) is 6.79. The molecule has 6 nitrogen and oxygen atoms in total. The monoisotopic (exact) mass is 322 g/mol. The molecule has 1 aromatic heterocycles. The minimum Gasteiger partial charge on any atom is -0.467 e. The third kappa shape index (κ3) is 3.53. The number of hydrogen-bond donors (Lipinski definition) is 2. The van der Waals surface area contributed by atoms with E-state index in [2.05, 4.69) is 24.5 Å². The van der Waals surface area contributed by atoms with Crippen LogP contribution in [0.3, 0.4) is 0 Å². The van der Waals surface area contributed by atoms with E-state index in [1.54, 1.807) is 6.26 Å². The molecule has 1 saturated carbocycles. The van der Waals surface area contributed by atoms with Gasteiger partial charge in [-0.3, -0.25) is 0 Å². The lowest BCUT2D eigenvalue weighted by molar-refractivity contribution is -0.108. The van der Waals surface area contributed by atoms with Gasteiger partial charge in [0.05, 0.1) is 12.4 Å². The Hall–Kier alpha value is -1.53. The molecule has 0 radical (unpaired) electrons. The van der Waals surface area contributed by atoms with E-state index in [1.807, 2.05) is 12.1 Å². The second kappa shape index (κ2) is 6.93. The van der Waals surface area contributed by atoms with Crippen molar-refractivity contribution in [3.05, 3.63) is 24.2 Å². The highest BCUT2D eigenvalue weighted by atomic mass is 16.5. The summed E-state index contributed by atoms with van der Waals surface area (Å²) < 4.78 is 16.4. The van der Waals surface area contributed by atoms with Gasteiger partial charge in [-0.1, -0.05) is 13.8 Å². The van der Waals surface area contributed by atoms with E-state index >= 15 is 0 Å². The van der Waals surface area contributed by atoms with Crippen LogP contribution in [0.2, 0.25) is 0 Å². The highest BCUT2D eigenvalue weighted by Gasteiger charge is 2.59. The van der Waals surface area contributed by atoms with E-state index in [1.165, 1.54) is 0 Å². The maximum atomic E-state index is 12.0. The molecule has 1 aliphatic heterocycles. The number of amides is 2. The smallest absolute Gasteiger partial charge is 0.315 e. The standard InChI is InChI=1S/C17H26N2O4/c1-17(2)14(13-6-10-23-15(13)17)19-16(20)18-7-4-8-21-11-12-5-3-9-22-12/h3,5,9,13-15H,4,6-8,10-11H2,1-2H3,(H2,18,19,20)/t13-,14-,15+/m1/s1. The van der Waals surface area contributed by atoms with Gasteiger partial charge in [-0.25, -0.2) is 4.79 Å². The molecule has 1 aliphatic carbocycles. The fourth-order valence-electron chi connectivity index (χ4n) is 3.75. The molecule has 2 N–H and O–H groups in total. The molecule has 1 saturated heterocycles. The van der Waals surface area contributed by atoms with Gasteiger partial charge in [0.15, 0.2) is 0 Å². The van der Waals surface area contributed by atoms with Crippen LogP contribution in [0.25, 0.3) is 0 Å². The summed E-state index contributed by atoms with van der Waals surface area (Å²) in [6, 6.07) is 3.82. The van der Waals surface area contributed by atoms with Crippen LogP contribution < -0.4 is 10.6 Å². The lowest BCUT2D eigenvalue weighted by atomic mass is 9.57. The van der Waals surface area contributed by atoms with E-state index in [0.717, 1.165) is 25.2 Å². The van der Waals surface area contributed by atoms with Gasteiger partial charge in [-0.15, -0.1) is 0 Å². The van der Waals surface area contributed by atoms with Crippen LogP contribution in [0.15, 0.2) is 22.8 Å². The summed E-state index contributed by atoms with van der Waals surface area (Å²) in [5, 5.41) is 6.00. The molecule has 23 heavy (non-hydrogen) atoms. The lowest BCUT2D eigenvalue weighted by Crippen LogP contribution is -2.67. The fraction of sp³-hybridized carbons (Fsp3) is 0.706. The molecule has 3 atom stereocenters. The number of hydrogen-bond acceptors (Lipinski definition) is 4. The molecule has 2 heterocycles. The van der Waals surface area contributed by atoms with Crippen LogP contribution in [0.4, 0.5) is 4.79 Å². The van der Waals surface area contributed by atoms with Crippen molar-refractivity contribution in [1.29, 1.82) is 0 Å². The van der Waals surface area contributed by atoms with Crippen molar-refractivity contribution in [3.63, 3.8) is 0 Å². The first-order chi connectivity index (χ1) is 11.1. The van der Waals surface area contributed by atoms with E-state index in [-0.39, 0.29) is 17.5 Å². The van der Waals surface area contributed by atoms with Gasteiger partial charge in [0.1, 0.15) is 12.4 Å². The van der Waals surface area contributed by atoms with E-state index in [0.29, 0.717) is 31.8 Å². The van der Waals surface area contributed by atoms with Crippen molar-refractivity contribution in [1.82, 2.24) is 10.6 Å².